The lowest BCUT2D eigenvalue weighted by atomic mass is 10.0. The summed E-state index contributed by atoms with van der Waals surface area (Å²) in [6.45, 7) is 12.0. The third-order valence-corrected chi connectivity index (χ3v) is 14.2. The molecule has 0 fully saturated rings. The highest BCUT2D eigenvalue weighted by Crippen LogP contribution is 2.20. The minimum atomic E-state index is -3.23. The summed E-state index contributed by atoms with van der Waals surface area (Å²) in [6, 6.07) is 0. The van der Waals surface area contributed by atoms with Gasteiger partial charge in [0.25, 0.3) is 0 Å². The number of aliphatic hydroxyl groups is 2. The molecule has 0 aliphatic heterocycles. The van der Waals surface area contributed by atoms with Crippen LogP contribution in [0.25, 0.3) is 0 Å². The molecular weight excluding hydrogens is 739 g/mol. The van der Waals surface area contributed by atoms with Crippen molar-refractivity contribution < 1.29 is 32.4 Å². The lowest BCUT2D eigenvalue weighted by Crippen LogP contribution is -2.50. The van der Waals surface area contributed by atoms with Gasteiger partial charge in [-0.05, 0) is 38.5 Å². The molecule has 2 N–H and O–H groups in total. The Kier molecular flexibility index (Phi) is 49.7. The van der Waals surface area contributed by atoms with Gasteiger partial charge >= 0.3 is 9.05 Å². The summed E-state index contributed by atoms with van der Waals surface area (Å²) in [5.74, 6) is 0. The number of unbranched alkanes of at least 4 members (excludes halogenated alkanes) is 32. The molecule has 0 saturated carbocycles. The van der Waals surface area contributed by atoms with E-state index >= 15 is 0 Å². The Bertz CT molecular complexity index is 720. The standard InChI is InChI=1S/C49H104NO6Si.CH4/c1-5-8-11-13-15-17-19-21-23-25-27-29-31-34-38-47-54-57(53-46-10-7-3,56-49-40-36-33-37-41-50(4,42-44-51)43-45-52)55-48-39-35-32-30-28-26-24-22-20-18-16-14-12-9-6-2;/h51-52H,5-49H2,1-4H3;1H4/q+1;. The smallest absolute Gasteiger partial charge is 0.391 e. The summed E-state index contributed by atoms with van der Waals surface area (Å²) in [4.78, 5) is 0. The zero-order valence-electron chi connectivity index (χ0n) is 39.3. The summed E-state index contributed by atoms with van der Waals surface area (Å²) < 4.78 is 26.9. The van der Waals surface area contributed by atoms with E-state index in [1.165, 1.54) is 180 Å². The number of rotatable bonds is 50. The summed E-state index contributed by atoms with van der Waals surface area (Å²) in [7, 11) is -1.09. The van der Waals surface area contributed by atoms with Gasteiger partial charge in [0, 0.05) is 26.4 Å². The highest BCUT2D eigenvalue weighted by Gasteiger charge is 2.45. The van der Waals surface area contributed by atoms with Crippen LogP contribution in [0, 0.1) is 0 Å². The molecule has 0 rings (SSSR count). The summed E-state index contributed by atoms with van der Waals surface area (Å²) >= 11 is 0. The molecule has 0 bridgehead atoms. The molecule has 7 nitrogen and oxygen atoms in total. The van der Waals surface area contributed by atoms with Gasteiger partial charge < -0.3 is 32.4 Å². The Morgan fingerprint density at radius 1 is 0.310 bits per heavy atom. The van der Waals surface area contributed by atoms with Crippen LogP contribution in [0.3, 0.4) is 0 Å². The molecule has 0 aromatic carbocycles. The summed E-state index contributed by atoms with van der Waals surface area (Å²) in [6.07, 6.45) is 46.9. The monoisotopic (exact) mass is 847 g/mol. The van der Waals surface area contributed by atoms with Gasteiger partial charge in [0.05, 0.1) is 26.8 Å². The van der Waals surface area contributed by atoms with Crippen molar-refractivity contribution >= 4 is 9.05 Å². The van der Waals surface area contributed by atoms with E-state index in [0.29, 0.717) is 39.5 Å². The Labute approximate surface area is 366 Å². The maximum absolute atomic E-state index is 9.49. The van der Waals surface area contributed by atoms with Crippen LogP contribution >= 0.6 is 0 Å². The third kappa shape index (κ3) is 41.3. The minimum Gasteiger partial charge on any atom is -0.391 e. The molecule has 0 aromatic rings. The van der Waals surface area contributed by atoms with Crippen LogP contribution in [0.4, 0.5) is 0 Å². The van der Waals surface area contributed by atoms with Crippen LogP contribution in [0.2, 0.25) is 0 Å². The fourth-order valence-corrected chi connectivity index (χ4v) is 9.97. The average Bonchev–Trinajstić information content (AvgIpc) is 3.20. The first-order chi connectivity index (χ1) is 28.0. The second kappa shape index (κ2) is 48.0. The van der Waals surface area contributed by atoms with E-state index in [4.69, 9.17) is 17.7 Å². The van der Waals surface area contributed by atoms with E-state index in [2.05, 4.69) is 27.8 Å². The quantitative estimate of drug-likeness (QED) is 0.0361. The van der Waals surface area contributed by atoms with Crippen molar-refractivity contribution in [2.75, 3.05) is 66.3 Å². The number of likely N-dealkylation sites (N-methyl/N-ethyl adjacent to an activating group) is 1. The van der Waals surface area contributed by atoms with Crippen LogP contribution in [-0.2, 0) is 17.7 Å². The Morgan fingerprint density at radius 3 is 0.793 bits per heavy atom. The van der Waals surface area contributed by atoms with Crippen LogP contribution in [0.1, 0.15) is 259 Å². The summed E-state index contributed by atoms with van der Waals surface area (Å²) in [5, 5.41) is 19.0. The maximum Gasteiger partial charge on any atom is 0.679 e. The first-order valence-electron chi connectivity index (χ1n) is 25.6. The van der Waals surface area contributed by atoms with Crippen molar-refractivity contribution in [2.24, 2.45) is 0 Å². The first kappa shape index (κ1) is 60.0. The molecule has 0 spiro atoms. The van der Waals surface area contributed by atoms with Crippen molar-refractivity contribution in [2.45, 2.75) is 259 Å². The van der Waals surface area contributed by atoms with E-state index in [-0.39, 0.29) is 20.6 Å². The Morgan fingerprint density at radius 2 is 0.534 bits per heavy atom. The molecule has 0 amide bonds. The molecule has 0 saturated heterocycles. The largest absolute Gasteiger partial charge is 0.679 e. The van der Waals surface area contributed by atoms with E-state index < -0.39 is 9.05 Å². The second-order valence-corrected chi connectivity index (χ2v) is 20.0. The van der Waals surface area contributed by atoms with Gasteiger partial charge in [0.2, 0.25) is 0 Å². The summed E-state index contributed by atoms with van der Waals surface area (Å²) in [5.41, 5.74) is 0. The van der Waals surface area contributed by atoms with Crippen molar-refractivity contribution in [1.82, 2.24) is 0 Å². The van der Waals surface area contributed by atoms with Crippen LogP contribution in [-0.4, -0.2) is 90.1 Å². The van der Waals surface area contributed by atoms with Crippen LogP contribution in [0.5, 0.6) is 0 Å². The molecule has 352 valence electrons. The predicted octanol–water partition coefficient (Wildman–Crippen LogP) is 14.7. The predicted molar refractivity (Wildman–Crippen MR) is 254 cm³/mol. The van der Waals surface area contributed by atoms with E-state index in [1.807, 2.05) is 0 Å². The first-order valence-corrected chi connectivity index (χ1v) is 27.3. The number of nitrogens with zero attached hydrogens (tertiary/aromatic N) is 1. The topological polar surface area (TPSA) is 77.4 Å². The molecule has 58 heavy (non-hydrogen) atoms. The van der Waals surface area contributed by atoms with Gasteiger partial charge in [-0.25, -0.2) is 0 Å². The molecule has 0 unspecified atom stereocenters. The zero-order chi connectivity index (χ0) is 41.6. The van der Waals surface area contributed by atoms with Gasteiger partial charge in [-0.1, -0.05) is 221 Å². The number of aliphatic hydroxyl groups excluding tert-OH is 2. The molecule has 0 heterocycles. The molecule has 0 aliphatic rings. The van der Waals surface area contributed by atoms with Gasteiger partial charge in [0.15, 0.2) is 0 Å². The van der Waals surface area contributed by atoms with Gasteiger partial charge in [-0.3, -0.25) is 0 Å². The van der Waals surface area contributed by atoms with Gasteiger partial charge in [-0.2, -0.15) is 0 Å². The fourth-order valence-electron chi connectivity index (χ4n) is 7.90. The van der Waals surface area contributed by atoms with Crippen LogP contribution < -0.4 is 0 Å². The minimum absolute atomic E-state index is 0. The van der Waals surface area contributed by atoms with Crippen molar-refractivity contribution in [1.29, 1.82) is 0 Å². The lowest BCUT2D eigenvalue weighted by molar-refractivity contribution is -0.910. The Balaban J connectivity index is 0. The average molecular weight is 848 g/mol. The van der Waals surface area contributed by atoms with E-state index in [0.717, 1.165) is 62.4 Å². The highest BCUT2D eigenvalue weighted by atomic mass is 28.4. The highest BCUT2D eigenvalue weighted by molar-refractivity contribution is 6.53. The number of quaternary nitrogens is 1. The SMILES string of the molecule is C.CCCCCCCCCCCCCCCCCO[Si](OCCCC)(OCCCCCCCCCCCCCCCCC)OCCCCCC[N+](C)(CCO)CCO. The van der Waals surface area contributed by atoms with Crippen molar-refractivity contribution in [3.8, 4) is 0 Å². The molecule has 0 atom stereocenters. The van der Waals surface area contributed by atoms with E-state index in [9.17, 15) is 10.2 Å². The van der Waals surface area contributed by atoms with Gasteiger partial charge in [-0.15, -0.1) is 0 Å². The fraction of sp³-hybridized carbons (Fsp3) is 1.00. The maximum atomic E-state index is 9.49. The normalized spacial score (nSPS) is 12.1. The van der Waals surface area contributed by atoms with Gasteiger partial charge in [0.1, 0.15) is 13.1 Å². The molecule has 0 radical (unpaired) electrons. The molecule has 0 aliphatic carbocycles. The van der Waals surface area contributed by atoms with E-state index in [1.54, 1.807) is 0 Å². The van der Waals surface area contributed by atoms with Crippen LogP contribution in [0.15, 0.2) is 0 Å². The van der Waals surface area contributed by atoms with Crippen molar-refractivity contribution in [3.05, 3.63) is 0 Å². The second-order valence-electron chi connectivity index (χ2n) is 17.8. The Hall–Kier alpha value is -0.0631. The lowest BCUT2D eigenvalue weighted by Gasteiger charge is -2.33. The third-order valence-electron chi connectivity index (χ3n) is 12.0. The number of hydrogen-bond acceptors (Lipinski definition) is 6. The molecular formula is C50H108NO6Si+. The number of hydrogen-bond donors (Lipinski definition) is 2. The zero-order valence-corrected chi connectivity index (χ0v) is 40.3. The van der Waals surface area contributed by atoms with Crippen molar-refractivity contribution in [3.63, 3.8) is 0 Å². The molecule has 0 aromatic heterocycles. The molecule has 8 heteroatoms.